The Morgan fingerprint density at radius 1 is 0.632 bits per heavy atom. The maximum absolute atomic E-state index is 12.6. The van der Waals surface area contributed by atoms with Crippen molar-refractivity contribution in [2.45, 2.75) is 158 Å². The molecular weight excluding hydrogens is 912 g/mol. The van der Waals surface area contributed by atoms with Crippen LogP contribution in [0.15, 0.2) is 0 Å². The summed E-state index contributed by atoms with van der Waals surface area (Å²) in [4.78, 5) is 85.7. The van der Waals surface area contributed by atoms with Gasteiger partial charge in [0.15, 0.2) is 6.29 Å². The predicted molar refractivity (Wildman–Crippen MR) is 227 cm³/mol. The van der Waals surface area contributed by atoms with E-state index < -0.39 is 123 Å². The normalized spacial score (nSPS) is 24.2. The van der Waals surface area contributed by atoms with Crippen molar-refractivity contribution >= 4 is 41.3 Å². The summed E-state index contributed by atoms with van der Waals surface area (Å²) in [5, 5.41) is 110. The van der Waals surface area contributed by atoms with E-state index in [-0.39, 0.29) is 64.4 Å². The molecule has 0 bridgehead atoms. The monoisotopic (exact) mass is 984 g/mol. The molecule has 0 saturated carbocycles. The van der Waals surface area contributed by atoms with Gasteiger partial charge in [0.2, 0.25) is 41.6 Å². The highest BCUT2D eigenvalue weighted by atomic mass is 16.7. The van der Waals surface area contributed by atoms with Crippen LogP contribution in [0.25, 0.3) is 0 Å². The molecule has 27 nitrogen and oxygen atoms in total. The Labute approximate surface area is 393 Å². The molecule has 0 aromatic carbocycles. The molecule has 0 aromatic rings. The summed E-state index contributed by atoms with van der Waals surface area (Å²) in [6.07, 6.45) is -13.3. The molecule has 10 atom stereocenters. The summed E-state index contributed by atoms with van der Waals surface area (Å²) >= 11 is 0. The number of carbonyl (C=O) groups excluding carboxylic acids is 7. The van der Waals surface area contributed by atoms with Gasteiger partial charge in [-0.25, -0.2) is 15.2 Å². The molecule has 0 aliphatic carbocycles. The van der Waals surface area contributed by atoms with Crippen LogP contribution < -0.4 is 16.0 Å². The molecule has 2 rings (SSSR count). The molecule has 13 N–H and O–H groups in total. The number of amides is 5. The zero-order chi connectivity index (χ0) is 50.8. The first-order valence-electron chi connectivity index (χ1n) is 22.8. The minimum absolute atomic E-state index is 0.0231. The van der Waals surface area contributed by atoms with Gasteiger partial charge in [0.1, 0.15) is 49.3 Å². The lowest BCUT2D eigenvalue weighted by molar-refractivity contribution is -0.331. The van der Waals surface area contributed by atoms with Crippen LogP contribution in [-0.2, 0) is 52.5 Å². The fraction of sp³-hybridized carbons (Fsp3) is 0.829. The van der Waals surface area contributed by atoms with E-state index in [2.05, 4.69) is 16.0 Å². The second-order valence-corrected chi connectivity index (χ2v) is 16.3. The summed E-state index contributed by atoms with van der Waals surface area (Å²) in [6, 6.07) is -0.901. The lowest BCUT2D eigenvalue weighted by Gasteiger charge is -2.44. The van der Waals surface area contributed by atoms with Crippen LogP contribution in [0.2, 0.25) is 0 Å². The van der Waals surface area contributed by atoms with E-state index >= 15 is 0 Å². The maximum atomic E-state index is 12.6. The smallest absolute Gasteiger partial charge is 0.306 e. The molecule has 0 spiro atoms. The SMILES string of the molecule is CN[C@H](CO)[C@H]1O[C@H](O)[C@H](O[C@H]2O[C@H](COC(=O)CCC(=O)N(O)CCCCCNC(=O)CCC(=O)N(O)CCCCCNC(=O)CCC(=O)N(O)CCCCCO)[C@@H](O)[C@H](O)C2=O)[C@@H](O)[C@@H]1O. The van der Waals surface area contributed by atoms with Gasteiger partial charge < -0.3 is 70.6 Å². The molecule has 0 aromatic heterocycles. The summed E-state index contributed by atoms with van der Waals surface area (Å²) in [6.45, 7) is -0.635. The molecule has 2 fully saturated rings. The molecular formula is C41H72N6O21. The average molecular weight is 985 g/mol. The number of aliphatic hydroxyl groups excluding tert-OH is 7. The van der Waals surface area contributed by atoms with Crippen LogP contribution in [0.3, 0.4) is 0 Å². The van der Waals surface area contributed by atoms with Crippen molar-refractivity contribution in [1.82, 2.24) is 31.1 Å². The van der Waals surface area contributed by atoms with E-state index in [4.69, 9.17) is 24.1 Å². The number of aliphatic hydroxyl groups is 7. The summed E-state index contributed by atoms with van der Waals surface area (Å²) in [5.41, 5.74) is 0. The number of esters is 1. The van der Waals surface area contributed by atoms with E-state index in [0.29, 0.717) is 79.5 Å². The molecule has 27 heteroatoms. The van der Waals surface area contributed by atoms with Crippen LogP contribution in [0.5, 0.6) is 0 Å². The Morgan fingerprint density at radius 2 is 1.12 bits per heavy atom. The largest absolute Gasteiger partial charge is 0.463 e. The van der Waals surface area contributed by atoms with Gasteiger partial charge in [-0.05, 0) is 64.8 Å². The zero-order valence-electron chi connectivity index (χ0n) is 38.3. The second kappa shape index (κ2) is 32.7. The van der Waals surface area contributed by atoms with Gasteiger partial charge in [-0.15, -0.1) is 0 Å². The highest BCUT2D eigenvalue weighted by molar-refractivity contribution is 5.87. The van der Waals surface area contributed by atoms with Gasteiger partial charge >= 0.3 is 5.97 Å². The van der Waals surface area contributed by atoms with Crippen LogP contribution in [-0.4, -0.2) is 229 Å². The number of carbonyl (C=O) groups is 7. The summed E-state index contributed by atoms with van der Waals surface area (Å²) < 4.78 is 21.0. The number of likely N-dealkylation sites (N-methyl/N-ethyl adjacent to an activating group) is 1. The van der Waals surface area contributed by atoms with Crippen molar-refractivity contribution in [1.29, 1.82) is 0 Å². The number of hydrogen-bond donors (Lipinski definition) is 13. The minimum Gasteiger partial charge on any atom is -0.463 e. The number of hydrogen-bond acceptors (Lipinski definition) is 22. The first kappa shape index (κ1) is 60.1. The van der Waals surface area contributed by atoms with Crippen molar-refractivity contribution in [3.05, 3.63) is 0 Å². The lowest BCUT2D eigenvalue weighted by Crippen LogP contribution is -2.65. The Hall–Kier alpha value is -4.07. The van der Waals surface area contributed by atoms with Crippen LogP contribution in [0.1, 0.15) is 96.3 Å². The van der Waals surface area contributed by atoms with Gasteiger partial charge in [0.05, 0.1) is 19.1 Å². The third-order valence-electron chi connectivity index (χ3n) is 11.1. The Morgan fingerprint density at radius 3 is 1.59 bits per heavy atom. The Bertz CT molecular complexity index is 1560. The van der Waals surface area contributed by atoms with Crippen molar-refractivity contribution < 1.29 is 104 Å². The van der Waals surface area contributed by atoms with Crippen molar-refractivity contribution in [3.8, 4) is 0 Å². The topological polar surface area (TPSA) is 405 Å². The second-order valence-electron chi connectivity index (χ2n) is 16.3. The third kappa shape index (κ3) is 21.3. The molecule has 0 unspecified atom stereocenters. The van der Waals surface area contributed by atoms with Gasteiger partial charge in [0.25, 0.3) is 0 Å². The summed E-state index contributed by atoms with van der Waals surface area (Å²) in [5.74, 6) is -5.00. The number of rotatable bonds is 33. The fourth-order valence-corrected chi connectivity index (χ4v) is 6.88. The number of unbranched alkanes of at least 4 members (excludes halogenated alkanes) is 6. The molecule has 2 aliphatic rings. The minimum atomic E-state index is -2.11. The fourth-order valence-electron chi connectivity index (χ4n) is 6.88. The molecule has 2 saturated heterocycles. The number of nitrogens with one attached hydrogen (secondary N) is 3. The number of ketones is 1. The lowest BCUT2D eigenvalue weighted by atomic mass is 9.94. The Kier molecular flexibility index (Phi) is 28.9. The number of nitrogens with zero attached hydrogens (tertiary/aromatic N) is 3. The van der Waals surface area contributed by atoms with E-state index in [1.807, 2.05) is 0 Å². The average Bonchev–Trinajstić information content (AvgIpc) is 3.32. The van der Waals surface area contributed by atoms with Gasteiger partial charge in [-0.1, -0.05) is 0 Å². The van der Waals surface area contributed by atoms with Gasteiger partial charge in [-0.3, -0.25) is 49.2 Å². The predicted octanol–water partition coefficient (Wildman–Crippen LogP) is -4.32. The van der Waals surface area contributed by atoms with E-state index in [0.717, 1.165) is 0 Å². The zero-order valence-corrected chi connectivity index (χ0v) is 38.3. The van der Waals surface area contributed by atoms with Gasteiger partial charge in [-0.2, -0.15) is 0 Å². The molecule has 2 heterocycles. The molecule has 5 amide bonds. The van der Waals surface area contributed by atoms with E-state index in [1.165, 1.54) is 7.05 Å². The molecule has 68 heavy (non-hydrogen) atoms. The summed E-state index contributed by atoms with van der Waals surface area (Å²) in [7, 11) is 1.44. The molecule has 392 valence electrons. The first-order valence-corrected chi connectivity index (χ1v) is 22.8. The quantitative estimate of drug-likeness (QED) is 0.0128. The van der Waals surface area contributed by atoms with Crippen LogP contribution >= 0.6 is 0 Å². The highest BCUT2D eigenvalue weighted by Gasteiger charge is 2.51. The van der Waals surface area contributed by atoms with Gasteiger partial charge in [0, 0.05) is 71.4 Å². The van der Waals surface area contributed by atoms with E-state index in [9.17, 15) is 79.8 Å². The Balaban J connectivity index is 1.55. The van der Waals surface area contributed by atoms with Crippen molar-refractivity contribution in [3.63, 3.8) is 0 Å². The highest BCUT2D eigenvalue weighted by Crippen LogP contribution is 2.28. The standard InChI is InChI=1S/C41H72N6O21/c1-42-25(23-49)38-35(58)36(59)39(40(61)67-38)68-41-37(60)34(57)33(56)26(66-41)24-65-32(55)16-15-31(54)47(64)20-8-3-6-18-44-27(50)11-13-29(52)45(62)19-7-2-5-17-43-28(51)12-14-30(53)46(63)21-9-4-10-22-48/h25-26,33-36,38-42,48-49,56-59,61-64H,2-24H2,1H3,(H,43,51)(H,44,50)/t25-,26-,33-,34+,35+,36+,38-,39-,40+,41-/m1/s1. The molecule has 0 radical (unpaired) electrons. The van der Waals surface area contributed by atoms with Crippen molar-refractivity contribution in [2.75, 3.05) is 59.6 Å². The van der Waals surface area contributed by atoms with Crippen LogP contribution in [0.4, 0.5) is 0 Å². The maximum Gasteiger partial charge on any atom is 0.306 e. The number of Topliss-reactive ketones (excluding diaryl/α,β-unsaturated/α-hetero) is 1. The number of hydroxylamine groups is 6. The molecule has 2 aliphatic heterocycles. The van der Waals surface area contributed by atoms with Crippen molar-refractivity contribution in [2.24, 2.45) is 0 Å². The first-order chi connectivity index (χ1) is 32.4. The van der Waals surface area contributed by atoms with E-state index in [1.54, 1.807) is 0 Å². The third-order valence-corrected chi connectivity index (χ3v) is 11.1. The van der Waals surface area contributed by atoms with Crippen LogP contribution in [0, 0.1) is 0 Å². The number of ether oxygens (including phenoxy) is 4.